The summed E-state index contributed by atoms with van der Waals surface area (Å²) in [5.74, 6) is -1.13. The van der Waals surface area contributed by atoms with Gasteiger partial charge in [0.15, 0.2) is 0 Å². The molecule has 0 aliphatic carbocycles. The molecule has 0 aromatic carbocycles. The van der Waals surface area contributed by atoms with Crippen LogP contribution in [-0.4, -0.2) is 20.6 Å². The molecule has 0 aromatic rings. The number of allylic oxidation sites excluding steroid dienone is 2. The van der Waals surface area contributed by atoms with E-state index in [1.54, 1.807) is 6.07 Å². The van der Waals surface area contributed by atoms with Gasteiger partial charge in [0.05, 0.1) is 0 Å². The van der Waals surface area contributed by atoms with Gasteiger partial charge in [-0.1, -0.05) is 11.6 Å². The van der Waals surface area contributed by atoms with Gasteiger partial charge in [0.25, 0.3) is 0 Å². The summed E-state index contributed by atoms with van der Waals surface area (Å²) in [5.41, 5.74) is 3.26. The molecule has 0 aliphatic heterocycles. The van der Waals surface area contributed by atoms with Crippen molar-refractivity contribution >= 4 is 15.5 Å². The van der Waals surface area contributed by atoms with Gasteiger partial charge in [0.2, 0.25) is 0 Å². The van der Waals surface area contributed by atoms with Gasteiger partial charge in [-0.25, -0.2) is 4.79 Å². The molecule has 0 spiro atoms. The normalized spacial score (nSPS) is 11.3. The zero-order chi connectivity index (χ0) is 10.3. The second kappa shape index (κ2) is 6.20. The van der Waals surface area contributed by atoms with Crippen LogP contribution in [0, 0.1) is 11.3 Å². The van der Waals surface area contributed by atoms with Crippen molar-refractivity contribution in [3.8, 4) is 6.07 Å². The highest BCUT2D eigenvalue weighted by Gasteiger charge is 2.03. The largest absolute Gasteiger partial charge is 0.477 e. The zero-order valence-corrected chi connectivity index (χ0v) is 9.29. The van der Waals surface area contributed by atoms with Crippen LogP contribution in [0.3, 0.4) is 0 Å². The molecule has 1 N–H and O–H groups in total. The van der Waals surface area contributed by atoms with E-state index in [4.69, 9.17) is 10.4 Å². The third kappa shape index (κ3) is 5.88. The lowest BCUT2D eigenvalue weighted by Gasteiger charge is -1.90. The zero-order valence-electron chi connectivity index (χ0n) is 7.87. The highest BCUT2D eigenvalue weighted by molar-refractivity contribution is 6.42. The highest BCUT2D eigenvalue weighted by atomic mass is 28.2. The smallest absolute Gasteiger partial charge is 0.346 e. The Hall–Kier alpha value is -1.34. The summed E-state index contributed by atoms with van der Waals surface area (Å²) < 4.78 is 0. The van der Waals surface area contributed by atoms with Gasteiger partial charge in [-0.05, 0) is 19.9 Å². The molecule has 0 aromatic heterocycles. The molecule has 4 heteroatoms. The van der Waals surface area contributed by atoms with E-state index in [-0.39, 0.29) is 15.1 Å². The van der Waals surface area contributed by atoms with Gasteiger partial charge in [-0.2, -0.15) is 5.26 Å². The molecule has 0 amide bonds. The lowest BCUT2D eigenvalue weighted by molar-refractivity contribution is -0.132. The minimum Gasteiger partial charge on any atom is -0.477 e. The molecule has 0 atom stereocenters. The summed E-state index contributed by atoms with van der Waals surface area (Å²) in [4.78, 5) is 10.4. The van der Waals surface area contributed by atoms with Crippen LogP contribution in [-0.2, 0) is 4.79 Å². The van der Waals surface area contributed by atoms with Gasteiger partial charge in [0, 0.05) is 9.52 Å². The maximum Gasteiger partial charge on any atom is 0.346 e. The van der Waals surface area contributed by atoms with Crippen LogP contribution in [0.15, 0.2) is 22.9 Å². The van der Waals surface area contributed by atoms with Crippen LogP contribution in [0.5, 0.6) is 0 Å². The van der Waals surface area contributed by atoms with Gasteiger partial charge in [0.1, 0.15) is 11.6 Å². The molecule has 0 heterocycles. The molecule has 0 saturated carbocycles. The second-order valence-corrected chi connectivity index (χ2v) is 4.46. The van der Waals surface area contributed by atoms with E-state index >= 15 is 0 Å². The first kappa shape index (κ1) is 11.7. The van der Waals surface area contributed by atoms with E-state index in [2.05, 4.69) is 5.70 Å². The summed E-state index contributed by atoms with van der Waals surface area (Å²) >= 11 is 0. The van der Waals surface area contributed by atoms with Gasteiger partial charge >= 0.3 is 5.97 Å². The predicted octanol–water partition coefficient (Wildman–Crippen LogP) is 1.03. The molecular weight excluding hydrogens is 182 g/mol. The van der Waals surface area contributed by atoms with E-state index in [0.29, 0.717) is 0 Å². The molecule has 0 radical (unpaired) electrons. The lowest BCUT2D eigenvalue weighted by Crippen LogP contribution is -1.98. The maximum absolute atomic E-state index is 10.4. The van der Waals surface area contributed by atoms with E-state index in [1.165, 1.54) is 11.6 Å². The Balaban J connectivity index is 4.04. The van der Waals surface area contributed by atoms with Crippen LogP contribution in [0.2, 0.25) is 6.04 Å². The monoisotopic (exact) mass is 195 g/mol. The molecule has 0 unspecified atom stereocenters. The van der Waals surface area contributed by atoms with Crippen LogP contribution >= 0.6 is 0 Å². The van der Waals surface area contributed by atoms with Crippen LogP contribution in [0.1, 0.15) is 13.8 Å². The quantitative estimate of drug-likeness (QED) is 0.315. The first-order valence-electron chi connectivity index (χ1n) is 4.05. The van der Waals surface area contributed by atoms with Crippen molar-refractivity contribution in [2.24, 2.45) is 0 Å². The first-order chi connectivity index (χ1) is 6.07. The molecular formula is C9H13NO2Si. The second-order valence-electron chi connectivity index (χ2n) is 2.89. The minimum absolute atomic E-state index is 0.144. The van der Waals surface area contributed by atoms with Crippen LogP contribution in [0.25, 0.3) is 0 Å². The fraction of sp³-hybridized carbons (Fsp3) is 0.333. The topological polar surface area (TPSA) is 61.1 Å². The van der Waals surface area contributed by atoms with Crippen molar-refractivity contribution in [2.45, 2.75) is 19.9 Å². The average Bonchev–Trinajstić information content (AvgIpc) is 2.03. The fourth-order valence-corrected chi connectivity index (χ4v) is 1.98. The number of aliphatic carboxylic acids is 1. The number of hydrogen-bond acceptors (Lipinski definition) is 2. The number of hydrogen-bond donors (Lipinski definition) is 1. The number of nitrogens with zero attached hydrogens (tertiary/aromatic N) is 1. The van der Waals surface area contributed by atoms with E-state index in [9.17, 15) is 4.79 Å². The van der Waals surface area contributed by atoms with E-state index < -0.39 is 5.97 Å². The SMILES string of the molecule is CC(C)=C[SiH2]CC=C(C#N)C(=O)O. The predicted molar refractivity (Wildman–Crippen MR) is 54.1 cm³/mol. The third-order valence-electron chi connectivity index (χ3n) is 1.42. The highest BCUT2D eigenvalue weighted by Crippen LogP contribution is 1.96. The molecule has 0 saturated heterocycles. The Bertz CT molecular complexity index is 282. The first-order valence-corrected chi connectivity index (χ1v) is 5.86. The molecule has 3 nitrogen and oxygen atoms in total. The van der Waals surface area contributed by atoms with Crippen LogP contribution < -0.4 is 0 Å². The summed E-state index contributed by atoms with van der Waals surface area (Å²) in [5, 5.41) is 16.9. The minimum atomic E-state index is -1.13. The number of rotatable bonds is 4. The summed E-state index contributed by atoms with van der Waals surface area (Å²) in [6, 6.07) is 2.39. The van der Waals surface area contributed by atoms with Crippen LogP contribution in [0.4, 0.5) is 0 Å². The maximum atomic E-state index is 10.4. The number of carboxylic acid groups (broad SMARTS) is 1. The Labute approximate surface area is 80.2 Å². The molecule has 70 valence electrons. The average molecular weight is 195 g/mol. The van der Waals surface area contributed by atoms with Crippen molar-refractivity contribution < 1.29 is 9.90 Å². The fourth-order valence-electron chi connectivity index (χ4n) is 0.780. The molecule has 0 bridgehead atoms. The van der Waals surface area contributed by atoms with Crippen molar-refractivity contribution in [3.63, 3.8) is 0 Å². The number of carboxylic acids is 1. The van der Waals surface area contributed by atoms with Crippen molar-refractivity contribution in [3.05, 3.63) is 22.9 Å². The Morgan fingerprint density at radius 2 is 2.23 bits per heavy atom. The van der Waals surface area contributed by atoms with Crippen molar-refractivity contribution in [2.75, 3.05) is 0 Å². The summed E-state index contributed by atoms with van der Waals surface area (Å²) in [7, 11) is -0.373. The third-order valence-corrected chi connectivity index (χ3v) is 3.15. The van der Waals surface area contributed by atoms with Crippen molar-refractivity contribution in [1.29, 1.82) is 5.26 Å². The number of nitriles is 1. The molecule has 0 fully saturated rings. The standard InChI is InChI=1S/C9H13NO2Si/c1-7(2)6-13-4-3-8(5-10)9(11)12/h3,6H,4,13H2,1-2H3,(H,11,12). The van der Waals surface area contributed by atoms with Crippen molar-refractivity contribution in [1.82, 2.24) is 0 Å². The van der Waals surface area contributed by atoms with Gasteiger partial charge in [-0.15, -0.1) is 5.70 Å². The van der Waals surface area contributed by atoms with E-state index in [1.807, 2.05) is 13.8 Å². The van der Waals surface area contributed by atoms with Gasteiger partial charge in [-0.3, -0.25) is 0 Å². The van der Waals surface area contributed by atoms with E-state index in [0.717, 1.165) is 6.04 Å². The molecule has 0 aliphatic rings. The Kier molecular flexibility index (Phi) is 5.56. The summed E-state index contributed by atoms with van der Waals surface area (Å²) in [6.45, 7) is 4.03. The Morgan fingerprint density at radius 3 is 2.62 bits per heavy atom. The molecule has 0 rings (SSSR count). The Morgan fingerprint density at radius 1 is 1.62 bits per heavy atom. The number of carbonyl (C=O) groups is 1. The lowest BCUT2D eigenvalue weighted by atomic mass is 10.3. The molecule has 13 heavy (non-hydrogen) atoms. The summed E-state index contributed by atoms with van der Waals surface area (Å²) in [6.07, 6.45) is 1.51. The van der Waals surface area contributed by atoms with Gasteiger partial charge < -0.3 is 5.11 Å².